The lowest BCUT2D eigenvalue weighted by molar-refractivity contribution is 1.09. The fourth-order valence-corrected chi connectivity index (χ4v) is 9.31. The summed E-state index contributed by atoms with van der Waals surface area (Å²) in [6.45, 7) is 5.33. The third-order valence-corrected chi connectivity index (χ3v) is 11.9. The van der Waals surface area contributed by atoms with E-state index >= 15 is 0 Å². The van der Waals surface area contributed by atoms with Gasteiger partial charge in [-0.2, -0.15) is 0 Å². The van der Waals surface area contributed by atoms with Crippen LogP contribution < -0.4 is 4.90 Å². The molecule has 9 aromatic carbocycles. The normalized spacial score (nSPS) is 14.0. The zero-order valence-corrected chi connectivity index (χ0v) is 32.6. The number of anilines is 2. The number of para-hydroxylation sites is 3. The first-order valence-electron chi connectivity index (χ1n) is 20.3. The summed E-state index contributed by atoms with van der Waals surface area (Å²) in [6, 6.07) is 70.7. The molecule has 0 saturated heterocycles. The van der Waals surface area contributed by atoms with Crippen LogP contribution in [0.15, 0.2) is 225 Å². The van der Waals surface area contributed by atoms with Crippen molar-refractivity contribution in [1.29, 1.82) is 0 Å². The first kappa shape index (κ1) is 34.6. The molecule has 11 rings (SSSR count). The molecule has 278 valence electrons. The third kappa shape index (κ3) is 5.80. The quantitative estimate of drug-likeness (QED) is 0.159. The number of fused-ring (bicyclic) bond motifs is 6. The van der Waals surface area contributed by atoms with Gasteiger partial charge in [0, 0.05) is 45.5 Å². The predicted octanol–water partition coefficient (Wildman–Crippen LogP) is 15.4. The van der Waals surface area contributed by atoms with Crippen LogP contribution in [-0.4, -0.2) is 11.1 Å². The minimum absolute atomic E-state index is 0.721. The van der Waals surface area contributed by atoms with E-state index in [2.05, 4.69) is 234 Å². The first-order chi connectivity index (χ1) is 29.2. The van der Waals surface area contributed by atoms with Crippen molar-refractivity contribution >= 4 is 60.3 Å². The fourth-order valence-electron chi connectivity index (χ4n) is 9.31. The molecular weight excluding hydrogens is 713 g/mol. The highest BCUT2D eigenvalue weighted by atomic mass is 15.1. The van der Waals surface area contributed by atoms with E-state index in [-0.39, 0.29) is 0 Å². The number of benzene rings is 9. The summed E-state index contributed by atoms with van der Waals surface area (Å²) >= 11 is 0. The van der Waals surface area contributed by atoms with Gasteiger partial charge in [-0.1, -0.05) is 183 Å². The molecule has 2 heteroatoms. The summed E-state index contributed by atoms with van der Waals surface area (Å²) in [4.78, 5) is 2.41. The molecule has 0 spiro atoms. The van der Waals surface area contributed by atoms with Gasteiger partial charge in [0.2, 0.25) is 0 Å². The summed E-state index contributed by atoms with van der Waals surface area (Å²) in [5, 5.41) is 7.52. The highest BCUT2D eigenvalue weighted by Gasteiger charge is 2.21. The maximum atomic E-state index is 4.61. The summed E-state index contributed by atoms with van der Waals surface area (Å²) in [7, 11) is 0. The van der Waals surface area contributed by atoms with Crippen molar-refractivity contribution in [2.24, 2.45) is 0 Å². The van der Waals surface area contributed by atoms with E-state index in [0.717, 1.165) is 40.3 Å². The average molecular weight is 753 g/mol. The smallest absolute Gasteiger partial charge is 0.0619 e. The molecule has 0 N–H and O–H groups in total. The molecule has 0 radical (unpaired) electrons. The van der Waals surface area contributed by atoms with Crippen molar-refractivity contribution in [3.05, 3.63) is 231 Å². The second-order valence-corrected chi connectivity index (χ2v) is 15.3. The molecule has 0 unspecified atom stereocenters. The topological polar surface area (TPSA) is 8.17 Å². The summed E-state index contributed by atoms with van der Waals surface area (Å²) in [5.41, 5.74) is 15.2. The van der Waals surface area contributed by atoms with Crippen LogP contribution in [0.2, 0.25) is 0 Å². The molecule has 2 heterocycles. The number of hydrogen-bond donors (Lipinski definition) is 0. The second kappa shape index (κ2) is 14.4. The van der Waals surface area contributed by atoms with Crippen molar-refractivity contribution in [2.75, 3.05) is 11.4 Å². The Labute approximate surface area is 344 Å². The maximum absolute atomic E-state index is 4.61. The van der Waals surface area contributed by atoms with Gasteiger partial charge in [-0.25, -0.2) is 0 Å². The Hall–Kier alpha value is -7.68. The predicted molar refractivity (Wildman–Crippen MR) is 253 cm³/mol. The van der Waals surface area contributed by atoms with Gasteiger partial charge < -0.3 is 9.47 Å². The van der Waals surface area contributed by atoms with Crippen LogP contribution in [0.4, 0.5) is 11.4 Å². The average Bonchev–Trinajstić information content (AvgIpc) is 3.67. The van der Waals surface area contributed by atoms with E-state index in [0.29, 0.717) is 0 Å². The van der Waals surface area contributed by atoms with Crippen LogP contribution in [0.1, 0.15) is 5.56 Å². The highest BCUT2D eigenvalue weighted by molar-refractivity contribution is 6.21. The molecule has 0 aliphatic carbocycles. The van der Waals surface area contributed by atoms with Gasteiger partial charge in [-0.05, 0) is 97.4 Å². The van der Waals surface area contributed by atoms with E-state index < -0.39 is 0 Å². The van der Waals surface area contributed by atoms with Crippen LogP contribution in [0.3, 0.4) is 0 Å². The molecule has 2 nitrogen and oxygen atoms in total. The Kier molecular flexibility index (Phi) is 8.41. The molecule has 10 aromatic rings. The SMILES string of the molecule is C=C1/C=C\C=C/CN(c2ccc(-c3c4ccccc4c(-c4ccccc4)c4ccccc34)cc2)c2ccc(-c3cccc4c5ccccc5n(-c5ccccc5)c34)cc21. The van der Waals surface area contributed by atoms with Gasteiger partial charge >= 0.3 is 0 Å². The summed E-state index contributed by atoms with van der Waals surface area (Å²) in [5.74, 6) is 0. The van der Waals surface area contributed by atoms with Crippen molar-refractivity contribution in [3.63, 3.8) is 0 Å². The standard InChI is InChI=1S/C57H40N2/c1-39-18-5-4-16-37-58(43-34-31-41(32-35-43)56-49-26-12-10-24-47(49)55(40-19-6-2-7-20-40)48-25-11-13-27-50(48)56)53-36-33-42(38-52(39)53)45-28-17-29-51-46-23-14-15-30-54(46)59(57(45)51)44-21-8-3-9-22-44/h2-36,38H,1,37H2/b16-4-,18-5-. The van der Waals surface area contributed by atoms with E-state index in [4.69, 9.17) is 0 Å². The molecule has 1 aliphatic heterocycles. The number of nitrogens with zero attached hydrogens (tertiary/aromatic N) is 2. The maximum Gasteiger partial charge on any atom is 0.0619 e. The Morgan fingerprint density at radius 1 is 0.407 bits per heavy atom. The van der Waals surface area contributed by atoms with E-state index in [1.807, 2.05) is 0 Å². The second-order valence-electron chi connectivity index (χ2n) is 15.3. The Morgan fingerprint density at radius 3 is 1.64 bits per heavy atom. The Balaban J connectivity index is 1.05. The van der Waals surface area contributed by atoms with Crippen LogP contribution in [-0.2, 0) is 0 Å². The van der Waals surface area contributed by atoms with Crippen LogP contribution in [0.25, 0.3) is 88.0 Å². The van der Waals surface area contributed by atoms with Gasteiger partial charge in [0.15, 0.2) is 0 Å². The lowest BCUT2D eigenvalue weighted by atomic mass is 9.86. The van der Waals surface area contributed by atoms with Gasteiger partial charge in [-0.15, -0.1) is 0 Å². The Morgan fingerprint density at radius 2 is 0.966 bits per heavy atom. The molecule has 0 saturated carbocycles. The zero-order chi connectivity index (χ0) is 39.3. The monoisotopic (exact) mass is 752 g/mol. The third-order valence-electron chi connectivity index (χ3n) is 11.9. The number of hydrogen-bond acceptors (Lipinski definition) is 1. The number of allylic oxidation sites excluding steroid dienone is 4. The Bertz CT molecular complexity index is 3240. The molecular formula is C57H40N2. The molecule has 0 bridgehead atoms. The van der Waals surface area contributed by atoms with Crippen molar-refractivity contribution < 1.29 is 0 Å². The first-order valence-corrected chi connectivity index (χ1v) is 20.3. The minimum atomic E-state index is 0.721. The molecule has 1 aliphatic rings. The van der Waals surface area contributed by atoms with Gasteiger partial charge in [0.25, 0.3) is 0 Å². The highest BCUT2D eigenvalue weighted by Crippen LogP contribution is 2.45. The summed E-state index contributed by atoms with van der Waals surface area (Å²) in [6.07, 6.45) is 8.59. The molecule has 0 fully saturated rings. The molecule has 1 aromatic heterocycles. The minimum Gasteiger partial charge on any atom is -0.337 e. The van der Waals surface area contributed by atoms with E-state index in [1.54, 1.807) is 0 Å². The van der Waals surface area contributed by atoms with E-state index in [9.17, 15) is 0 Å². The van der Waals surface area contributed by atoms with Gasteiger partial charge in [0.1, 0.15) is 0 Å². The van der Waals surface area contributed by atoms with Crippen LogP contribution in [0.5, 0.6) is 0 Å². The summed E-state index contributed by atoms with van der Waals surface area (Å²) < 4.78 is 2.41. The lowest BCUT2D eigenvalue weighted by Gasteiger charge is -2.27. The molecule has 0 amide bonds. The number of rotatable bonds is 5. The van der Waals surface area contributed by atoms with Crippen LogP contribution >= 0.6 is 0 Å². The van der Waals surface area contributed by atoms with Gasteiger partial charge in [0.05, 0.1) is 11.0 Å². The van der Waals surface area contributed by atoms with Crippen molar-refractivity contribution in [1.82, 2.24) is 4.57 Å². The lowest BCUT2D eigenvalue weighted by Crippen LogP contribution is -2.18. The van der Waals surface area contributed by atoms with E-state index in [1.165, 1.54) is 71.2 Å². The molecule has 0 atom stereocenters. The van der Waals surface area contributed by atoms with Crippen LogP contribution in [0, 0.1) is 0 Å². The van der Waals surface area contributed by atoms with Crippen molar-refractivity contribution in [2.45, 2.75) is 0 Å². The molecule has 59 heavy (non-hydrogen) atoms. The largest absolute Gasteiger partial charge is 0.337 e. The van der Waals surface area contributed by atoms with Crippen molar-refractivity contribution in [3.8, 4) is 39.1 Å². The van der Waals surface area contributed by atoms with Gasteiger partial charge in [-0.3, -0.25) is 0 Å². The zero-order valence-electron chi connectivity index (χ0n) is 32.6. The fraction of sp³-hybridized carbons (Fsp3) is 0.0175. The number of aromatic nitrogens is 1.